The second kappa shape index (κ2) is 12.2. The molecule has 188 valence electrons. The highest BCUT2D eigenvalue weighted by Gasteiger charge is 2.30. The molecule has 0 heterocycles. The van der Waals surface area contributed by atoms with E-state index in [4.69, 9.17) is 4.74 Å². The monoisotopic (exact) mass is 499 g/mol. The van der Waals surface area contributed by atoms with Crippen molar-refractivity contribution >= 4 is 21.7 Å². The number of carbonyl (C=O) groups is 1. The summed E-state index contributed by atoms with van der Waals surface area (Å²) in [5.41, 5.74) is 0.00343. The maximum absolute atomic E-state index is 14.0. The van der Waals surface area contributed by atoms with Crippen molar-refractivity contribution in [3.8, 4) is 0 Å². The molecule has 2 rings (SSSR count). The summed E-state index contributed by atoms with van der Waals surface area (Å²) < 4.78 is 59.5. The second-order valence-electron chi connectivity index (χ2n) is 8.08. The lowest BCUT2D eigenvalue weighted by atomic mass is 10.0. The van der Waals surface area contributed by atoms with Crippen molar-refractivity contribution in [3.05, 3.63) is 60.2 Å². The van der Waals surface area contributed by atoms with Crippen LogP contribution in [0.1, 0.15) is 13.8 Å². The summed E-state index contributed by atoms with van der Waals surface area (Å²) in [6, 6.07) is 9.03. The van der Waals surface area contributed by atoms with Gasteiger partial charge in [-0.05, 0) is 43.3 Å². The second-order valence-corrected chi connectivity index (χ2v) is 10.1. The first kappa shape index (κ1) is 27.6. The van der Waals surface area contributed by atoms with E-state index < -0.39 is 39.8 Å². The van der Waals surface area contributed by atoms with Gasteiger partial charge in [-0.3, -0.25) is 0 Å². The lowest BCUT2D eigenvalue weighted by Gasteiger charge is -2.34. The quantitative estimate of drug-likeness (QED) is 0.495. The van der Waals surface area contributed by atoms with Crippen LogP contribution in [0.3, 0.4) is 0 Å². The van der Waals surface area contributed by atoms with E-state index in [1.165, 1.54) is 49.4 Å². The molecule has 0 unspecified atom stereocenters. The number of amides is 2. The molecule has 8 nitrogen and oxygen atoms in total. The maximum Gasteiger partial charge on any atom is 0.322 e. The Morgan fingerprint density at radius 3 is 2.26 bits per heavy atom. The van der Waals surface area contributed by atoms with E-state index in [2.05, 4.69) is 5.32 Å². The van der Waals surface area contributed by atoms with Gasteiger partial charge in [0.15, 0.2) is 0 Å². The first-order valence-electron chi connectivity index (χ1n) is 10.7. The number of nitrogens with zero attached hydrogens (tertiary/aromatic N) is 2. The number of nitrogens with one attached hydrogen (secondary N) is 1. The van der Waals surface area contributed by atoms with Crippen molar-refractivity contribution in [2.24, 2.45) is 5.92 Å². The number of rotatable bonds is 11. The molecule has 11 heteroatoms. The molecule has 2 N–H and O–H groups in total. The molecule has 2 aromatic carbocycles. The molecule has 0 saturated carbocycles. The van der Waals surface area contributed by atoms with Crippen molar-refractivity contribution in [2.45, 2.75) is 30.9 Å². The number of aliphatic hydroxyl groups excluding tert-OH is 1. The summed E-state index contributed by atoms with van der Waals surface area (Å²) in [6.45, 7) is 3.16. The predicted octanol–water partition coefficient (Wildman–Crippen LogP) is 3.15. The van der Waals surface area contributed by atoms with Gasteiger partial charge in [0, 0.05) is 33.2 Å². The maximum atomic E-state index is 14.0. The average Bonchev–Trinajstić information content (AvgIpc) is 2.81. The van der Waals surface area contributed by atoms with E-state index in [1.54, 1.807) is 19.9 Å². The van der Waals surface area contributed by atoms with Crippen LogP contribution in [-0.2, 0) is 14.8 Å². The first-order chi connectivity index (χ1) is 16.0. The van der Waals surface area contributed by atoms with Gasteiger partial charge in [0.05, 0.1) is 29.3 Å². The number of hydrogen-bond acceptors (Lipinski definition) is 5. The van der Waals surface area contributed by atoms with Crippen LogP contribution in [0.4, 0.5) is 19.3 Å². The van der Waals surface area contributed by atoms with Gasteiger partial charge in [-0.15, -0.1) is 0 Å². The van der Waals surface area contributed by atoms with Crippen LogP contribution in [-0.4, -0.2) is 74.8 Å². The number of ether oxygens (including phenoxy) is 1. The number of sulfonamides is 1. The van der Waals surface area contributed by atoms with Crippen molar-refractivity contribution in [3.63, 3.8) is 0 Å². The minimum atomic E-state index is -3.89. The van der Waals surface area contributed by atoms with Crippen molar-refractivity contribution in [1.82, 2.24) is 9.21 Å². The molecule has 0 aromatic heterocycles. The molecular formula is C23H31F2N3O5S. The fourth-order valence-electron chi connectivity index (χ4n) is 3.36. The zero-order valence-electron chi connectivity index (χ0n) is 19.6. The van der Waals surface area contributed by atoms with E-state index in [-0.39, 0.29) is 36.2 Å². The highest BCUT2D eigenvalue weighted by atomic mass is 32.2. The number of anilines is 1. The third-order valence-electron chi connectivity index (χ3n) is 5.55. The summed E-state index contributed by atoms with van der Waals surface area (Å²) >= 11 is 0. The predicted molar refractivity (Wildman–Crippen MR) is 125 cm³/mol. The average molecular weight is 500 g/mol. The van der Waals surface area contributed by atoms with E-state index >= 15 is 0 Å². The van der Waals surface area contributed by atoms with Crippen LogP contribution >= 0.6 is 0 Å². The SMILES string of the molecule is CO[C@@H](CN(C)S(=O)(=O)c1ccc(F)cc1)[C@H](C)CN(C(=O)Nc1ccccc1F)[C@H](C)CO. The molecular weight excluding hydrogens is 468 g/mol. The lowest BCUT2D eigenvalue weighted by Crippen LogP contribution is -2.49. The van der Waals surface area contributed by atoms with Crippen molar-refractivity contribution in [1.29, 1.82) is 0 Å². The fraction of sp³-hybridized carbons (Fsp3) is 0.435. The first-order valence-corrected chi connectivity index (χ1v) is 12.1. The van der Waals surface area contributed by atoms with Gasteiger partial charge >= 0.3 is 6.03 Å². The normalized spacial score (nSPS) is 14.5. The third-order valence-corrected chi connectivity index (χ3v) is 7.39. The van der Waals surface area contributed by atoms with Crippen LogP contribution in [0.2, 0.25) is 0 Å². The summed E-state index contributed by atoms with van der Waals surface area (Å²) in [7, 11) is -1.08. The number of methoxy groups -OCH3 is 1. The molecule has 0 bridgehead atoms. The Morgan fingerprint density at radius 2 is 1.71 bits per heavy atom. The van der Waals surface area contributed by atoms with Crippen LogP contribution in [0.25, 0.3) is 0 Å². The Kier molecular flexibility index (Phi) is 9.92. The number of aliphatic hydroxyl groups is 1. The van der Waals surface area contributed by atoms with Gasteiger partial charge in [-0.2, -0.15) is 4.31 Å². The Labute approximate surface area is 199 Å². The van der Waals surface area contributed by atoms with Gasteiger partial charge in [-0.25, -0.2) is 22.0 Å². The van der Waals surface area contributed by atoms with Crippen LogP contribution in [0.15, 0.2) is 53.4 Å². The number of urea groups is 1. The zero-order chi connectivity index (χ0) is 25.5. The minimum Gasteiger partial charge on any atom is -0.394 e. The number of likely N-dealkylation sites (N-methyl/N-ethyl adjacent to an activating group) is 1. The van der Waals surface area contributed by atoms with Crippen LogP contribution < -0.4 is 5.32 Å². The number of hydrogen-bond donors (Lipinski definition) is 2. The number of carbonyl (C=O) groups excluding carboxylic acids is 1. The Morgan fingerprint density at radius 1 is 1.09 bits per heavy atom. The highest BCUT2D eigenvalue weighted by molar-refractivity contribution is 7.89. The smallest absolute Gasteiger partial charge is 0.322 e. The van der Waals surface area contributed by atoms with E-state index in [0.717, 1.165) is 16.4 Å². The van der Waals surface area contributed by atoms with Gasteiger partial charge < -0.3 is 20.1 Å². The van der Waals surface area contributed by atoms with E-state index in [1.807, 2.05) is 0 Å². The molecule has 0 aliphatic rings. The molecule has 2 aromatic rings. The van der Waals surface area contributed by atoms with Gasteiger partial charge in [-0.1, -0.05) is 19.1 Å². The van der Waals surface area contributed by atoms with E-state index in [9.17, 15) is 27.1 Å². The summed E-state index contributed by atoms with van der Waals surface area (Å²) in [5, 5.41) is 12.1. The van der Waals surface area contributed by atoms with Crippen LogP contribution in [0.5, 0.6) is 0 Å². The third kappa shape index (κ3) is 6.95. The topological polar surface area (TPSA) is 99.2 Å². The molecule has 0 aliphatic heterocycles. The highest BCUT2D eigenvalue weighted by Crippen LogP contribution is 2.20. The van der Waals surface area contributed by atoms with E-state index in [0.29, 0.717) is 0 Å². The molecule has 0 fully saturated rings. The van der Waals surface area contributed by atoms with Crippen molar-refractivity contribution in [2.75, 3.05) is 39.2 Å². The van der Waals surface area contributed by atoms with Crippen molar-refractivity contribution < 1.29 is 31.8 Å². The summed E-state index contributed by atoms with van der Waals surface area (Å²) in [6.07, 6.45) is -0.616. The number of halogens is 2. The largest absolute Gasteiger partial charge is 0.394 e. The zero-order valence-corrected chi connectivity index (χ0v) is 20.4. The number of benzene rings is 2. The molecule has 0 aliphatic carbocycles. The minimum absolute atomic E-state index is 0.00343. The summed E-state index contributed by atoms with van der Waals surface area (Å²) in [5.74, 6) is -1.50. The fourth-order valence-corrected chi connectivity index (χ4v) is 4.55. The molecule has 34 heavy (non-hydrogen) atoms. The Bertz CT molecular complexity index is 1050. The Balaban J connectivity index is 2.14. The number of para-hydroxylation sites is 1. The molecule has 2 amide bonds. The van der Waals surface area contributed by atoms with Crippen LogP contribution in [0, 0.1) is 17.6 Å². The molecule has 3 atom stereocenters. The molecule has 0 spiro atoms. The van der Waals surface area contributed by atoms with Gasteiger partial charge in [0.25, 0.3) is 0 Å². The van der Waals surface area contributed by atoms with Gasteiger partial charge in [0.1, 0.15) is 11.6 Å². The Hall–Kier alpha value is -2.60. The standard InChI is InChI=1S/C23H31F2N3O5S/c1-16(13-28(17(2)15-29)23(30)26-21-8-6-5-7-20(21)25)22(33-4)14-27(3)34(31,32)19-11-9-18(24)10-12-19/h5-12,16-17,22,29H,13-15H2,1-4H3,(H,26,30)/t16-,17-,22+/m1/s1. The lowest BCUT2D eigenvalue weighted by molar-refractivity contribution is 0.0305. The summed E-state index contributed by atoms with van der Waals surface area (Å²) in [4.78, 5) is 14.2. The molecule has 0 saturated heterocycles. The van der Waals surface area contributed by atoms with Gasteiger partial charge in [0.2, 0.25) is 10.0 Å². The molecule has 0 radical (unpaired) electrons.